The molecule has 0 bridgehead atoms. The number of anilines is 1. The van der Waals surface area contributed by atoms with Crippen molar-refractivity contribution in [1.29, 1.82) is 0 Å². The van der Waals surface area contributed by atoms with Gasteiger partial charge in [0.25, 0.3) is 11.6 Å². The van der Waals surface area contributed by atoms with Gasteiger partial charge in [-0.25, -0.2) is 0 Å². The first-order valence-corrected chi connectivity index (χ1v) is 9.60. The van der Waals surface area contributed by atoms with Gasteiger partial charge in [-0.2, -0.15) is 0 Å². The van der Waals surface area contributed by atoms with Crippen molar-refractivity contribution in [3.8, 4) is 0 Å². The molecule has 3 rings (SSSR count). The van der Waals surface area contributed by atoms with Crippen LogP contribution in [0, 0.1) is 10.1 Å². The molecular formula is C21H26N4O4. The van der Waals surface area contributed by atoms with Crippen LogP contribution in [0.2, 0.25) is 0 Å². The highest BCUT2D eigenvalue weighted by Gasteiger charge is 2.23. The Kier molecular flexibility index (Phi) is 6.46. The van der Waals surface area contributed by atoms with Gasteiger partial charge < -0.3 is 15.8 Å². The summed E-state index contributed by atoms with van der Waals surface area (Å²) in [6.07, 6.45) is 0.374. The molecule has 1 heterocycles. The molecule has 0 saturated carbocycles. The highest BCUT2D eigenvalue weighted by atomic mass is 16.6. The molecular weight excluding hydrogens is 372 g/mol. The van der Waals surface area contributed by atoms with Crippen LogP contribution in [-0.2, 0) is 17.8 Å². The maximum Gasteiger partial charge on any atom is 0.292 e. The number of nitrogens with zero attached hydrogens (tertiary/aromatic N) is 2. The van der Waals surface area contributed by atoms with E-state index in [1.165, 1.54) is 18.2 Å². The smallest absolute Gasteiger partial charge is 0.292 e. The number of hydrogen-bond donors (Lipinski definition) is 2. The molecule has 2 aromatic rings. The number of hydrogen-bond acceptors (Lipinski definition) is 6. The van der Waals surface area contributed by atoms with Crippen LogP contribution in [0.15, 0.2) is 42.5 Å². The summed E-state index contributed by atoms with van der Waals surface area (Å²) in [6, 6.07) is 12.0. The Balaban J connectivity index is 1.67. The first-order chi connectivity index (χ1) is 13.8. The third kappa shape index (κ3) is 5.30. The molecule has 154 valence electrons. The van der Waals surface area contributed by atoms with Crippen LogP contribution in [0.5, 0.6) is 0 Å². The zero-order chi connectivity index (χ0) is 21.0. The summed E-state index contributed by atoms with van der Waals surface area (Å²) < 4.78 is 5.79. The molecule has 1 amide bonds. The monoisotopic (exact) mass is 398 g/mol. The molecule has 1 fully saturated rings. The first-order valence-electron chi connectivity index (χ1n) is 9.60. The van der Waals surface area contributed by atoms with Gasteiger partial charge in [-0.3, -0.25) is 19.8 Å². The average Bonchev–Trinajstić information content (AvgIpc) is 2.66. The van der Waals surface area contributed by atoms with Gasteiger partial charge in [0.15, 0.2) is 0 Å². The fourth-order valence-corrected chi connectivity index (χ4v) is 3.66. The highest BCUT2D eigenvalue weighted by molar-refractivity contribution is 5.95. The lowest BCUT2D eigenvalue weighted by Gasteiger charge is -2.35. The summed E-state index contributed by atoms with van der Waals surface area (Å²) in [4.78, 5) is 25.3. The highest BCUT2D eigenvalue weighted by Crippen LogP contribution is 2.22. The lowest BCUT2D eigenvalue weighted by atomic mass is 10.1. The molecule has 0 aromatic heterocycles. The van der Waals surface area contributed by atoms with E-state index in [1.54, 1.807) is 0 Å². The topological polar surface area (TPSA) is 111 Å². The van der Waals surface area contributed by atoms with E-state index in [-0.39, 0.29) is 35.1 Å². The summed E-state index contributed by atoms with van der Waals surface area (Å²) >= 11 is 0. The fourth-order valence-electron chi connectivity index (χ4n) is 3.66. The number of nitro groups is 1. The lowest BCUT2D eigenvalue weighted by molar-refractivity contribution is -0.383. The number of carbonyl (C=O) groups excluding carboxylic acids is 1. The second-order valence-corrected chi connectivity index (χ2v) is 7.43. The molecule has 2 aromatic carbocycles. The molecule has 0 radical (unpaired) electrons. The van der Waals surface area contributed by atoms with Crippen molar-refractivity contribution in [2.24, 2.45) is 0 Å². The molecule has 29 heavy (non-hydrogen) atoms. The minimum absolute atomic E-state index is 0.0332. The molecule has 1 aliphatic rings. The van der Waals surface area contributed by atoms with Gasteiger partial charge in [-0.05, 0) is 37.1 Å². The van der Waals surface area contributed by atoms with Gasteiger partial charge in [-0.15, -0.1) is 0 Å². The van der Waals surface area contributed by atoms with Gasteiger partial charge in [0.1, 0.15) is 5.69 Å². The SMILES string of the molecule is CC1CN(Cc2ccccc2CNC(=O)c2ccc(N)c([N+](=O)[O-])c2)CC(C)O1. The molecule has 8 nitrogen and oxygen atoms in total. The molecule has 8 heteroatoms. The average molecular weight is 398 g/mol. The van der Waals surface area contributed by atoms with Crippen molar-refractivity contribution in [2.75, 3.05) is 18.8 Å². The maximum absolute atomic E-state index is 12.5. The van der Waals surface area contributed by atoms with Crippen molar-refractivity contribution < 1.29 is 14.5 Å². The number of carbonyl (C=O) groups is 1. The van der Waals surface area contributed by atoms with Gasteiger partial charge >= 0.3 is 0 Å². The molecule has 1 saturated heterocycles. The van der Waals surface area contributed by atoms with Crippen molar-refractivity contribution in [3.05, 3.63) is 69.3 Å². The zero-order valence-corrected chi connectivity index (χ0v) is 16.6. The number of benzene rings is 2. The molecule has 1 aliphatic heterocycles. The van der Waals surface area contributed by atoms with Gasteiger partial charge in [0.05, 0.1) is 17.1 Å². The molecule has 2 atom stereocenters. The lowest BCUT2D eigenvalue weighted by Crippen LogP contribution is -2.45. The first kappa shape index (κ1) is 20.8. The predicted octanol–water partition coefficient (Wildman–Crippen LogP) is 2.72. The van der Waals surface area contributed by atoms with E-state index >= 15 is 0 Å². The largest absolute Gasteiger partial charge is 0.393 e. The summed E-state index contributed by atoms with van der Waals surface area (Å²) in [7, 11) is 0. The van der Waals surface area contributed by atoms with E-state index in [4.69, 9.17) is 10.5 Å². The Hall–Kier alpha value is -2.97. The summed E-state index contributed by atoms with van der Waals surface area (Å²) in [5.74, 6) is -0.378. The third-order valence-corrected chi connectivity index (χ3v) is 4.94. The molecule has 0 aliphatic carbocycles. The van der Waals surface area contributed by atoms with Crippen LogP contribution >= 0.6 is 0 Å². The van der Waals surface area contributed by atoms with E-state index in [9.17, 15) is 14.9 Å². The minimum Gasteiger partial charge on any atom is -0.393 e. The van der Waals surface area contributed by atoms with Crippen LogP contribution in [0.1, 0.15) is 35.3 Å². The molecule has 2 unspecified atom stereocenters. The quantitative estimate of drug-likeness (QED) is 0.440. The number of nitrogen functional groups attached to an aromatic ring is 1. The fraction of sp³-hybridized carbons (Fsp3) is 0.381. The number of ether oxygens (including phenoxy) is 1. The van der Waals surface area contributed by atoms with Crippen molar-refractivity contribution >= 4 is 17.3 Å². The Morgan fingerprint density at radius 2 is 1.86 bits per heavy atom. The second-order valence-electron chi connectivity index (χ2n) is 7.43. The van der Waals surface area contributed by atoms with E-state index in [0.29, 0.717) is 6.54 Å². The van der Waals surface area contributed by atoms with Crippen molar-refractivity contribution in [2.45, 2.75) is 39.1 Å². The Morgan fingerprint density at radius 1 is 1.21 bits per heavy atom. The van der Waals surface area contributed by atoms with Crippen LogP contribution < -0.4 is 11.1 Å². The van der Waals surface area contributed by atoms with E-state index in [1.807, 2.05) is 18.2 Å². The van der Waals surface area contributed by atoms with Crippen LogP contribution in [0.25, 0.3) is 0 Å². The number of nitrogens with one attached hydrogen (secondary N) is 1. The standard InChI is InChI=1S/C21H26N4O4/c1-14-11-24(12-15(2)29-14)13-18-6-4-3-5-17(18)10-23-21(26)16-7-8-19(22)20(9-16)25(27)28/h3-9,14-15H,10-13,22H2,1-2H3,(H,23,26). The predicted molar refractivity (Wildman–Crippen MR) is 110 cm³/mol. The van der Waals surface area contributed by atoms with E-state index in [0.717, 1.165) is 30.8 Å². The number of morpholine rings is 1. The van der Waals surface area contributed by atoms with Crippen LogP contribution in [-0.4, -0.2) is 41.0 Å². The number of amides is 1. The van der Waals surface area contributed by atoms with Crippen molar-refractivity contribution in [1.82, 2.24) is 10.2 Å². The van der Waals surface area contributed by atoms with Gasteiger partial charge in [0, 0.05) is 37.8 Å². The Bertz CT molecular complexity index is 892. The Morgan fingerprint density at radius 3 is 2.52 bits per heavy atom. The minimum atomic E-state index is -0.592. The third-order valence-electron chi connectivity index (χ3n) is 4.94. The van der Waals surface area contributed by atoms with Crippen molar-refractivity contribution in [3.63, 3.8) is 0 Å². The zero-order valence-electron chi connectivity index (χ0n) is 16.6. The second kappa shape index (κ2) is 9.02. The normalized spacial score (nSPS) is 19.7. The number of rotatable bonds is 6. The van der Waals surface area contributed by atoms with Gasteiger partial charge in [0.2, 0.25) is 0 Å². The molecule has 0 spiro atoms. The summed E-state index contributed by atoms with van der Waals surface area (Å²) in [5.41, 5.74) is 7.72. The number of nitro benzene ring substituents is 1. The summed E-state index contributed by atoms with van der Waals surface area (Å²) in [6.45, 7) is 6.97. The van der Waals surface area contributed by atoms with Crippen LogP contribution in [0.3, 0.4) is 0 Å². The van der Waals surface area contributed by atoms with Gasteiger partial charge in [-0.1, -0.05) is 24.3 Å². The summed E-state index contributed by atoms with van der Waals surface area (Å²) in [5, 5.41) is 13.9. The van der Waals surface area contributed by atoms with E-state index in [2.05, 4.69) is 30.1 Å². The van der Waals surface area contributed by atoms with Crippen LogP contribution in [0.4, 0.5) is 11.4 Å². The van der Waals surface area contributed by atoms with E-state index < -0.39 is 4.92 Å². The Labute approximate surface area is 169 Å². The molecule has 3 N–H and O–H groups in total. The number of nitrogens with two attached hydrogens (primary N) is 1. The maximum atomic E-state index is 12.5.